The molecule has 1 heterocycles. The fourth-order valence-corrected chi connectivity index (χ4v) is 2.78. The summed E-state index contributed by atoms with van der Waals surface area (Å²) in [5.41, 5.74) is 4.23. The zero-order valence-electron chi connectivity index (χ0n) is 15.8. The van der Waals surface area contributed by atoms with Gasteiger partial charge in [0.25, 0.3) is 0 Å². The number of aromatic amines is 1. The van der Waals surface area contributed by atoms with E-state index in [1.165, 1.54) is 6.08 Å². The number of hydrogen-bond acceptors (Lipinski definition) is 7. The van der Waals surface area contributed by atoms with E-state index >= 15 is 0 Å². The predicted molar refractivity (Wildman–Crippen MR) is 111 cm³/mol. The first-order valence-corrected chi connectivity index (χ1v) is 8.68. The van der Waals surface area contributed by atoms with Gasteiger partial charge in [-0.1, -0.05) is 0 Å². The number of aromatic nitrogens is 3. The molecule has 0 aliphatic heterocycles. The second kappa shape index (κ2) is 8.51. The summed E-state index contributed by atoms with van der Waals surface area (Å²) in [7, 11) is 0. The van der Waals surface area contributed by atoms with Crippen molar-refractivity contribution >= 4 is 29.2 Å². The maximum Gasteiger partial charge on any atom is 0.307 e. The molecule has 0 saturated carbocycles. The number of allylic oxidation sites excluding steroid dienone is 1. The summed E-state index contributed by atoms with van der Waals surface area (Å²) in [6.07, 6.45) is 3.14. The molecule has 0 bridgehead atoms. The molecular formula is C21H17N7O. The van der Waals surface area contributed by atoms with Crippen LogP contribution in [0.15, 0.2) is 47.3 Å². The first-order chi connectivity index (χ1) is 14.0. The molecule has 8 heteroatoms. The number of H-pyrrole nitrogens is 1. The third-order valence-electron chi connectivity index (χ3n) is 4.12. The topological polar surface area (TPSA) is 130 Å². The highest BCUT2D eigenvalue weighted by atomic mass is 16.1. The lowest BCUT2D eigenvalue weighted by atomic mass is 10.0. The average Bonchev–Trinajstić information content (AvgIpc) is 2.72. The summed E-state index contributed by atoms with van der Waals surface area (Å²) in [5, 5.41) is 29.9. The molecule has 29 heavy (non-hydrogen) atoms. The molecular weight excluding hydrogens is 366 g/mol. The Bertz CT molecular complexity index is 1190. The zero-order chi connectivity index (χ0) is 20.8. The van der Waals surface area contributed by atoms with E-state index in [0.29, 0.717) is 11.3 Å². The Kier molecular flexibility index (Phi) is 5.67. The number of benzene rings is 2. The van der Waals surface area contributed by atoms with Crippen LogP contribution in [0.2, 0.25) is 0 Å². The lowest BCUT2D eigenvalue weighted by Crippen LogP contribution is -2.17. The maximum absolute atomic E-state index is 12.2. The van der Waals surface area contributed by atoms with E-state index in [1.807, 2.05) is 32.0 Å². The van der Waals surface area contributed by atoms with Crippen LogP contribution in [0, 0.1) is 36.5 Å². The molecule has 0 radical (unpaired) electrons. The Balaban J connectivity index is 1.87. The highest BCUT2D eigenvalue weighted by Crippen LogP contribution is 2.25. The minimum Gasteiger partial charge on any atom is -0.335 e. The molecule has 8 nitrogen and oxygen atoms in total. The second-order valence-electron chi connectivity index (χ2n) is 6.27. The molecule has 0 aliphatic rings. The van der Waals surface area contributed by atoms with Crippen LogP contribution in [-0.4, -0.2) is 15.2 Å². The number of nitrogens with one attached hydrogen (secondary N) is 3. The molecule has 0 unspecified atom stereocenters. The lowest BCUT2D eigenvalue weighted by Gasteiger charge is -2.13. The van der Waals surface area contributed by atoms with Gasteiger partial charge in [-0.3, -0.25) is 4.79 Å². The summed E-state index contributed by atoms with van der Waals surface area (Å²) < 4.78 is 0. The third-order valence-corrected chi connectivity index (χ3v) is 4.12. The smallest absolute Gasteiger partial charge is 0.307 e. The number of rotatable bonds is 5. The quantitative estimate of drug-likeness (QED) is 0.573. The summed E-state index contributed by atoms with van der Waals surface area (Å²) in [6.45, 7) is 3.81. The van der Waals surface area contributed by atoms with E-state index in [2.05, 4.69) is 31.9 Å². The Morgan fingerprint density at radius 1 is 1.07 bits per heavy atom. The SMILES string of the molecule is Cc1cc(C=CC#N)cc(C)c1Nc1nc(Nc2ccc(C#N)cc2)n[nH]c1=O. The van der Waals surface area contributed by atoms with Crippen molar-refractivity contribution in [3.8, 4) is 12.1 Å². The van der Waals surface area contributed by atoms with Crippen LogP contribution >= 0.6 is 0 Å². The number of nitrogens with zero attached hydrogens (tertiary/aromatic N) is 4. The van der Waals surface area contributed by atoms with Crippen molar-refractivity contribution in [3.05, 3.63) is 75.1 Å². The van der Waals surface area contributed by atoms with Gasteiger partial charge in [0.15, 0.2) is 0 Å². The Morgan fingerprint density at radius 2 is 1.76 bits per heavy atom. The van der Waals surface area contributed by atoms with E-state index < -0.39 is 5.56 Å². The van der Waals surface area contributed by atoms with Crippen LogP contribution in [0.25, 0.3) is 6.08 Å². The molecule has 2 aromatic carbocycles. The number of nitriles is 2. The van der Waals surface area contributed by atoms with Crippen LogP contribution in [0.4, 0.5) is 23.1 Å². The van der Waals surface area contributed by atoms with Crippen LogP contribution < -0.4 is 16.2 Å². The van der Waals surface area contributed by atoms with Gasteiger partial charge in [-0.15, -0.1) is 5.10 Å². The van der Waals surface area contributed by atoms with E-state index in [1.54, 1.807) is 30.3 Å². The van der Waals surface area contributed by atoms with E-state index in [-0.39, 0.29) is 11.8 Å². The molecule has 0 fully saturated rings. The van der Waals surface area contributed by atoms with Crippen LogP contribution in [0.3, 0.4) is 0 Å². The first kappa shape index (κ1) is 19.3. The number of hydrogen-bond donors (Lipinski definition) is 3. The van der Waals surface area contributed by atoms with Crippen LogP contribution in [0.5, 0.6) is 0 Å². The standard InChI is InChI=1S/C21H17N7O/c1-13-10-16(4-3-9-22)11-14(2)18(13)25-19-20(29)27-28-21(26-19)24-17-7-5-15(12-23)6-8-17/h3-8,10-11H,1-2H3,(H,27,29)(H2,24,25,26,28). The largest absolute Gasteiger partial charge is 0.335 e. The van der Waals surface area contributed by atoms with Crippen molar-refractivity contribution in [2.45, 2.75) is 13.8 Å². The Morgan fingerprint density at radius 3 is 2.38 bits per heavy atom. The maximum atomic E-state index is 12.2. The minimum atomic E-state index is -0.456. The molecule has 0 amide bonds. The normalized spacial score (nSPS) is 10.3. The van der Waals surface area contributed by atoms with Crippen molar-refractivity contribution in [1.29, 1.82) is 10.5 Å². The van der Waals surface area contributed by atoms with Crippen molar-refractivity contribution in [2.75, 3.05) is 10.6 Å². The van der Waals surface area contributed by atoms with Crippen molar-refractivity contribution in [3.63, 3.8) is 0 Å². The summed E-state index contributed by atoms with van der Waals surface area (Å²) in [6, 6.07) is 14.6. The van der Waals surface area contributed by atoms with Crippen molar-refractivity contribution in [1.82, 2.24) is 15.2 Å². The Hall–Kier alpha value is -4.43. The second-order valence-corrected chi connectivity index (χ2v) is 6.27. The zero-order valence-corrected chi connectivity index (χ0v) is 15.8. The van der Waals surface area contributed by atoms with Crippen LogP contribution in [-0.2, 0) is 0 Å². The highest BCUT2D eigenvalue weighted by molar-refractivity contribution is 5.69. The molecule has 0 saturated heterocycles. The lowest BCUT2D eigenvalue weighted by molar-refractivity contribution is 0.945. The van der Waals surface area contributed by atoms with Crippen molar-refractivity contribution in [2.24, 2.45) is 0 Å². The monoisotopic (exact) mass is 383 g/mol. The summed E-state index contributed by atoms with van der Waals surface area (Å²) >= 11 is 0. The minimum absolute atomic E-state index is 0.0997. The van der Waals surface area contributed by atoms with E-state index in [4.69, 9.17) is 10.5 Å². The molecule has 1 aromatic heterocycles. The van der Waals surface area contributed by atoms with Crippen LogP contribution in [0.1, 0.15) is 22.3 Å². The van der Waals surface area contributed by atoms with Gasteiger partial charge in [-0.2, -0.15) is 15.5 Å². The number of aryl methyl sites for hydroxylation is 2. The molecule has 0 aliphatic carbocycles. The molecule has 0 spiro atoms. The van der Waals surface area contributed by atoms with Gasteiger partial charge in [0.1, 0.15) is 0 Å². The molecule has 3 rings (SSSR count). The highest BCUT2D eigenvalue weighted by Gasteiger charge is 2.10. The van der Waals surface area contributed by atoms with Gasteiger partial charge < -0.3 is 10.6 Å². The molecule has 3 aromatic rings. The predicted octanol–water partition coefficient (Wildman–Crippen LogP) is 3.68. The fourth-order valence-electron chi connectivity index (χ4n) is 2.78. The van der Waals surface area contributed by atoms with E-state index in [0.717, 1.165) is 22.4 Å². The third kappa shape index (κ3) is 4.65. The van der Waals surface area contributed by atoms with E-state index in [9.17, 15) is 4.79 Å². The molecule has 3 N–H and O–H groups in total. The van der Waals surface area contributed by atoms with Crippen molar-refractivity contribution < 1.29 is 0 Å². The van der Waals surface area contributed by atoms with Gasteiger partial charge in [-0.05, 0) is 73.0 Å². The Labute approximate surface area is 167 Å². The summed E-state index contributed by atoms with van der Waals surface area (Å²) in [4.78, 5) is 16.4. The van der Waals surface area contributed by atoms with Gasteiger partial charge in [0.2, 0.25) is 11.8 Å². The summed E-state index contributed by atoms with van der Waals surface area (Å²) in [5.74, 6) is 0.309. The molecule has 0 atom stereocenters. The molecule has 142 valence electrons. The van der Waals surface area contributed by atoms with Gasteiger partial charge >= 0.3 is 5.56 Å². The first-order valence-electron chi connectivity index (χ1n) is 8.68. The van der Waals surface area contributed by atoms with Gasteiger partial charge in [0, 0.05) is 17.5 Å². The van der Waals surface area contributed by atoms with Gasteiger partial charge in [0.05, 0.1) is 17.7 Å². The number of anilines is 4. The average molecular weight is 383 g/mol. The van der Waals surface area contributed by atoms with Gasteiger partial charge in [-0.25, -0.2) is 5.10 Å². The fraction of sp³-hybridized carbons (Fsp3) is 0.0952.